The van der Waals surface area contributed by atoms with Crippen molar-refractivity contribution in [2.75, 3.05) is 5.32 Å². The van der Waals surface area contributed by atoms with Crippen molar-refractivity contribution in [2.24, 2.45) is 10.7 Å². The second-order valence-corrected chi connectivity index (χ2v) is 5.38. The standard InChI is InChI=1S/C15H12BrN3O/c16-10-6-7-11-12(8-10)18-15(20)14(17)19-13(11)9-4-2-1-3-5-9/h1-8,14H,17H2,(H,18,20). The summed E-state index contributed by atoms with van der Waals surface area (Å²) in [6, 6.07) is 15.4. The lowest BCUT2D eigenvalue weighted by Gasteiger charge is -2.10. The molecule has 0 aliphatic carbocycles. The van der Waals surface area contributed by atoms with Crippen molar-refractivity contribution in [3.8, 4) is 0 Å². The summed E-state index contributed by atoms with van der Waals surface area (Å²) in [5.74, 6) is -0.310. The van der Waals surface area contributed by atoms with Gasteiger partial charge in [0.15, 0.2) is 6.17 Å². The van der Waals surface area contributed by atoms with Crippen LogP contribution in [0.15, 0.2) is 58.0 Å². The first-order chi connectivity index (χ1) is 9.65. The van der Waals surface area contributed by atoms with Crippen LogP contribution in [0, 0.1) is 0 Å². The predicted octanol–water partition coefficient (Wildman–Crippen LogP) is 2.52. The fourth-order valence-electron chi connectivity index (χ4n) is 2.13. The molecule has 0 aromatic heterocycles. The number of nitrogens with two attached hydrogens (primary N) is 1. The molecule has 100 valence electrons. The summed E-state index contributed by atoms with van der Waals surface area (Å²) >= 11 is 3.40. The molecule has 0 bridgehead atoms. The minimum Gasteiger partial charge on any atom is -0.322 e. The summed E-state index contributed by atoms with van der Waals surface area (Å²) in [5, 5.41) is 2.80. The second kappa shape index (κ2) is 5.19. The molecule has 0 fully saturated rings. The molecule has 1 amide bonds. The first kappa shape index (κ1) is 13.0. The third kappa shape index (κ3) is 2.37. The Morgan fingerprint density at radius 2 is 1.90 bits per heavy atom. The zero-order chi connectivity index (χ0) is 14.1. The number of amides is 1. The number of hydrogen-bond donors (Lipinski definition) is 2. The van der Waals surface area contributed by atoms with E-state index in [2.05, 4.69) is 26.2 Å². The van der Waals surface area contributed by atoms with Gasteiger partial charge in [-0.15, -0.1) is 0 Å². The molecule has 20 heavy (non-hydrogen) atoms. The van der Waals surface area contributed by atoms with Crippen LogP contribution < -0.4 is 11.1 Å². The van der Waals surface area contributed by atoms with Crippen molar-refractivity contribution in [3.63, 3.8) is 0 Å². The minimum absolute atomic E-state index is 0.310. The Balaban J connectivity index is 2.22. The van der Waals surface area contributed by atoms with Gasteiger partial charge in [0.05, 0.1) is 11.4 Å². The molecular formula is C15H12BrN3O. The first-order valence-electron chi connectivity index (χ1n) is 6.15. The van der Waals surface area contributed by atoms with Crippen molar-refractivity contribution in [2.45, 2.75) is 6.17 Å². The van der Waals surface area contributed by atoms with Crippen LogP contribution in [0.2, 0.25) is 0 Å². The van der Waals surface area contributed by atoms with Crippen LogP contribution in [0.1, 0.15) is 11.1 Å². The van der Waals surface area contributed by atoms with Gasteiger partial charge in [-0.3, -0.25) is 9.79 Å². The van der Waals surface area contributed by atoms with Gasteiger partial charge in [-0.05, 0) is 18.2 Å². The third-order valence-electron chi connectivity index (χ3n) is 3.08. The summed E-state index contributed by atoms with van der Waals surface area (Å²) in [6.07, 6.45) is -0.906. The van der Waals surface area contributed by atoms with E-state index in [9.17, 15) is 4.79 Å². The highest BCUT2D eigenvalue weighted by atomic mass is 79.9. The number of rotatable bonds is 1. The number of halogens is 1. The molecule has 1 aliphatic rings. The van der Waals surface area contributed by atoms with E-state index < -0.39 is 6.17 Å². The minimum atomic E-state index is -0.906. The van der Waals surface area contributed by atoms with E-state index in [-0.39, 0.29) is 5.91 Å². The molecule has 4 nitrogen and oxygen atoms in total. The van der Waals surface area contributed by atoms with Crippen molar-refractivity contribution >= 4 is 33.2 Å². The SMILES string of the molecule is NC1N=C(c2ccccc2)c2ccc(Br)cc2NC1=O. The largest absolute Gasteiger partial charge is 0.322 e. The van der Waals surface area contributed by atoms with Crippen LogP contribution in [0.3, 0.4) is 0 Å². The molecule has 5 heteroatoms. The Morgan fingerprint density at radius 1 is 1.15 bits per heavy atom. The molecule has 2 aromatic rings. The fourth-order valence-corrected chi connectivity index (χ4v) is 2.49. The smallest absolute Gasteiger partial charge is 0.263 e. The molecule has 3 N–H and O–H groups in total. The number of carbonyl (C=O) groups excluding carboxylic acids is 1. The zero-order valence-corrected chi connectivity index (χ0v) is 12.1. The summed E-state index contributed by atoms with van der Waals surface area (Å²) < 4.78 is 0.888. The van der Waals surface area contributed by atoms with Crippen molar-refractivity contribution in [3.05, 3.63) is 64.1 Å². The summed E-state index contributed by atoms with van der Waals surface area (Å²) in [6.45, 7) is 0. The van der Waals surface area contributed by atoms with E-state index in [0.717, 1.165) is 21.3 Å². The first-order valence-corrected chi connectivity index (χ1v) is 6.94. The number of fused-ring (bicyclic) bond motifs is 1. The van der Waals surface area contributed by atoms with Crippen LogP contribution in [0.5, 0.6) is 0 Å². The van der Waals surface area contributed by atoms with Gasteiger partial charge in [-0.25, -0.2) is 0 Å². The van der Waals surface area contributed by atoms with Crippen LogP contribution in [0.4, 0.5) is 5.69 Å². The maximum Gasteiger partial charge on any atom is 0.263 e. The quantitative estimate of drug-likeness (QED) is 0.844. The highest BCUT2D eigenvalue weighted by Crippen LogP contribution is 2.26. The third-order valence-corrected chi connectivity index (χ3v) is 3.57. The van der Waals surface area contributed by atoms with Crippen LogP contribution in [-0.4, -0.2) is 17.8 Å². The van der Waals surface area contributed by atoms with E-state index in [4.69, 9.17) is 5.73 Å². The number of nitrogens with zero attached hydrogens (tertiary/aromatic N) is 1. The maximum atomic E-state index is 11.9. The molecule has 1 atom stereocenters. The Kier molecular flexibility index (Phi) is 3.38. The Hall–Kier alpha value is -1.98. The van der Waals surface area contributed by atoms with Gasteiger partial charge in [0.1, 0.15) is 0 Å². The number of aliphatic imine (C=N–C) groups is 1. The molecule has 3 rings (SSSR count). The molecule has 2 aromatic carbocycles. The molecule has 1 aliphatic heterocycles. The molecule has 0 saturated carbocycles. The molecule has 1 unspecified atom stereocenters. The molecule has 1 heterocycles. The highest BCUT2D eigenvalue weighted by Gasteiger charge is 2.22. The Bertz CT molecular complexity index is 698. The fraction of sp³-hybridized carbons (Fsp3) is 0.0667. The summed E-state index contributed by atoms with van der Waals surface area (Å²) in [7, 11) is 0. The Morgan fingerprint density at radius 3 is 2.65 bits per heavy atom. The van der Waals surface area contributed by atoms with Gasteiger partial charge < -0.3 is 11.1 Å². The Labute approximate surface area is 124 Å². The molecule has 0 spiro atoms. The van der Waals surface area contributed by atoms with E-state index in [1.54, 1.807) is 0 Å². The van der Waals surface area contributed by atoms with Gasteiger partial charge in [-0.1, -0.05) is 46.3 Å². The topological polar surface area (TPSA) is 67.5 Å². The predicted molar refractivity (Wildman–Crippen MR) is 82.8 cm³/mol. The average molecular weight is 330 g/mol. The zero-order valence-electron chi connectivity index (χ0n) is 10.5. The van der Waals surface area contributed by atoms with Crippen LogP contribution >= 0.6 is 15.9 Å². The van der Waals surface area contributed by atoms with Crippen LogP contribution in [-0.2, 0) is 4.79 Å². The number of carbonyl (C=O) groups is 1. The summed E-state index contributed by atoms with van der Waals surface area (Å²) in [4.78, 5) is 16.3. The lowest BCUT2D eigenvalue weighted by Crippen LogP contribution is -2.33. The van der Waals surface area contributed by atoms with Crippen molar-refractivity contribution < 1.29 is 4.79 Å². The van der Waals surface area contributed by atoms with Gasteiger partial charge >= 0.3 is 0 Å². The summed E-state index contributed by atoms with van der Waals surface area (Å²) in [5.41, 5.74) is 9.04. The number of anilines is 1. The number of hydrogen-bond acceptors (Lipinski definition) is 3. The highest BCUT2D eigenvalue weighted by molar-refractivity contribution is 9.10. The maximum absolute atomic E-state index is 11.9. The second-order valence-electron chi connectivity index (χ2n) is 4.47. The van der Waals surface area contributed by atoms with E-state index in [0.29, 0.717) is 5.69 Å². The van der Waals surface area contributed by atoms with Crippen molar-refractivity contribution in [1.82, 2.24) is 0 Å². The normalized spacial score (nSPS) is 17.8. The van der Waals surface area contributed by atoms with E-state index >= 15 is 0 Å². The van der Waals surface area contributed by atoms with Gasteiger partial charge in [0, 0.05) is 15.6 Å². The number of benzene rings is 2. The monoisotopic (exact) mass is 329 g/mol. The van der Waals surface area contributed by atoms with Gasteiger partial charge in [0.2, 0.25) is 0 Å². The van der Waals surface area contributed by atoms with E-state index in [1.165, 1.54) is 0 Å². The average Bonchev–Trinajstić information content (AvgIpc) is 2.57. The van der Waals surface area contributed by atoms with Gasteiger partial charge in [0.25, 0.3) is 5.91 Å². The van der Waals surface area contributed by atoms with Crippen LogP contribution in [0.25, 0.3) is 0 Å². The molecule has 0 radical (unpaired) electrons. The number of benzodiazepines with no additional fused rings is 1. The lowest BCUT2D eigenvalue weighted by molar-refractivity contribution is -0.117. The van der Waals surface area contributed by atoms with Crippen molar-refractivity contribution in [1.29, 1.82) is 0 Å². The van der Waals surface area contributed by atoms with Gasteiger partial charge in [-0.2, -0.15) is 0 Å². The lowest BCUT2D eigenvalue weighted by atomic mass is 10.0. The van der Waals surface area contributed by atoms with E-state index in [1.807, 2.05) is 48.5 Å². The molecule has 0 saturated heterocycles. The molecular weight excluding hydrogens is 318 g/mol. The number of nitrogens with one attached hydrogen (secondary N) is 1.